The van der Waals surface area contributed by atoms with E-state index in [1.165, 1.54) is 17.4 Å². The minimum absolute atomic E-state index is 0.00312. The van der Waals surface area contributed by atoms with Gasteiger partial charge in [-0.3, -0.25) is 4.79 Å². The number of halogens is 6. The van der Waals surface area contributed by atoms with E-state index in [1.807, 2.05) is 5.32 Å². The molecule has 1 N–H and O–H groups in total. The zero-order chi connectivity index (χ0) is 18.0. The maximum absolute atomic E-state index is 12.7. The molecule has 1 aromatic heterocycles. The van der Waals surface area contributed by atoms with Crippen LogP contribution in [0.3, 0.4) is 0 Å². The van der Waals surface area contributed by atoms with Crippen molar-refractivity contribution in [3.8, 4) is 0 Å². The average molecular weight is 365 g/mol. The van der Waals surface area contributed by atoms with Crippen molar-refractivity contribution in [1.29, 1.82) is 0 Å². The Morgan fingerprint density at radius 1 is 1.00 bits per heavy atom. The first kappa shape index (κ1) is 18.1. The standard InChI is InChI=1S/C15H9F6NOS/c16-14(17,18)10-5-11(15(19,20)21)7-12(6-10)22-13(23)2-1-9-3-4-24-8-9/h1-8H,(H,22,23)/b2-1+. The van der Waals surface area contributed by atoms with E-state index < -0.39 is 35.1 Å². The van der Waals surface area contributed by atoms with E-state index in [2.05, 4.69) is 0 Å². The molecule has 128 valence electrons. The molecule has 2 nitrogen and oxygen atoms in total. The van der Waals surface area contributed by atoms with Gasteiger partial charge in [0, 0.05) is 11.8 Å². The Labute approximate surface area is 136 Å². The van der Waals surface area contributed by atoms with Crippen molar-refractivity contribution < 1.29 is 31.1 Å². The molecule has 0 aliphatic heterocycles. The van der Waals surface area contributed by atoms with Crippen LogP contribution in [0.2, 0.25) is 0 Å². The van der Waals surface area contributed by atoms with Gasteiger partial charge in [-0.1, -0.05) is 0 Å². The van der Waals surface area contributed by atoms with Crippen molar-refractivity contribution >= 4 is 29.0 Å². The second-order valence-electron chi connectivity index (χ2n) is 4.67. The minimum atomic E-state index is -4.97. The smallest absolute Gasteiger partial charge is 0.322 e. The molecule has 9 heteroatoms. The fraction of sp³-hybridized carbons (Fsp3) is 0.133. The first-order valence-corrected chi connectivity index (χ1v) is 7.31. The Balaban J connectivity index is 2.27. The van der Waals surface area contributed by atoms with Crippen molar-refractivity contribution in [3.05, 3.63) is 57.8 Å². The van der Waals surface area contributed by atoms with Gasteiger partial charge in [0.25, 0.3) is 0 Å². The van der Waals surface area contributed by atoms with Crippen molar-refractivity contribution in [3.63, 3.8) is 0 Å². The highest BCUT2D eigenvalue weighted by atomic mass is 32.1. The molecule has 0 bridgehead atoms. The van der Waals surface area contributed by atoms with Gasteiger partial charge in [0.2, 0.25) is 5.91 Å². The molecule has 0 fully saturated rings. The third kappa shape index (κ3) is 4.85. The highest BCUT2D eigenvalue weighted by Crippen LogP contribution is 2.37. The van der Waals surface area contributed by atoms with Crippen LogP contribution in [0.1, 0.15) is 16.7 Å². The third-order valence-electron chi connectivity index (χ3n) is 2.83. The summed E-state index contributed by atoms with van der Waals surface area (Å²) in [6.45, 7) is 0. The summed E-state index contributed by atoms with van der Waals surface area (Å²) >= 11 is 1.37. The summed E-state index contributed by atoms with van der Waals surface area (Å²) in [6, 6.07) is 2.59. The largest absolute Gasteiger partial charge is 0.416 e. The van der Waals surface area contributed by atoms with Crippen molar-refractivity contribution in [2.75, 3.05) is 5.32 Å². The van der Waals surface area contributed by atoms with Crippen LogP contribution in [0.5, 0.6) is 0 Å². The Morgan fingerprint density at radius 2 is 1.58 bits per heavy atom. The van der Waals surface area contributed by atoms with Gasteiger partial charge in [0.15, 0.2) is 0 Å². The lowest BCUT2D eigenvalue weighted by Gasteiger charge is -2.14. The summed E-state index contributed by atoms with van der Waals surface area (Å²) in [7, 11) is 0. The molecule has 24 heavy (non-hydrogen) atoms. The quantitative estimate of drug-likeness (QED) is 0.570. The van der Waals surface area contributed by atoms with E-state index in [0.29, 0.717) is 17.7 Å². The van der Waals surface area contributed by atoms with E-state index >= 15 is 0 Å². The second-order valence-corrected chi connectivity index (χ2v) is 5.45. The normalized spacial score (nSPS) is 12.6. The predicted octanol–water partition coefficient (Wildman–Crippen LogP) is 5.44. The molecule has 1 amide bonds. The SMILES string of the molecule is O=C(/C=C/c1ccsc1)Nc1cc(C(F)(F)F)cc(C(F)(F)F)c1. The second kappa shape index (κ2) is 6.68. The van der Waals surface area contributed by atoms with Crippen LogP contribution in [0.15, 0.2) is 41.1 Å². The molecule has 0 unspecified atom stereocenters. The van der Waals surface area contributed by atoms with Gasteiger partial charge in [-0.25, -0.2) is 0 Å². The number of benzene rings is 1. The number of alkyl halides is 6. The van der Waals surface area contributed by atoms with E-state index in [-0.39, 0.29) is 6.07 Å². The van der Waals surface area contributed by atoms with Crippen LogP contribution < -0.4 is 5.32 Å². The van der Waals surface area contributed by atoms with Crippen LogP contribution in [-0.4, -0.2) is 5.91 Å². The molecule has 0 saturated heterocycles. The van der Waals surface area contributed by atoms with Crippen LogP contribution in [0.25, 0.3) is 6.08 Å². The lowest BCUT2D eigenvalue weighted by molar-refractivity contribution is -0.143. The van der Waals surface area contributed by atoms with Gasteiger partial charge in [0.05, 0.1) is 11.1 Å². The van der Waals surface area contributed by atoms with Crippen LogP contribution in [-0.2, 0) is 17.1 Å². The summed E-state index contributed by atoms with van der Waals surface area (Å²) in [5.74, 6) is -0.839. The minimum Gasteiger partial charge on any atom is -0.322 e. The molecule has 1 aromatic carbocycles. The third-order valence-corrected chi connectivity index (χ3v) is 3.53. The van der Waals surface area contributed by atoms with Gasteiger partial charge >= 0.3 is 12.4 Å². The van der Waals surface area contributed by atoms with E-state index in [4.69, 9.17) is 0 Å². The molecular weight excluding hydrogens is 356 g/mol. The molecular formula is C15H9F6NOS. The van der Waals surface area contributed by atoms with Gasteiger partial charge in [0.1, 0.15) is 0 Å². The summed E-state index contributed by atoms with van der Waals surface area (Å²) in [5, 5.41) is 5.48. The first-order chi connectivity index (χ1) is 11.1. The number of carbonyl (C=O) groups is 1. The number of rotatable bonds is 3. The average Bonchev–Trinajstić information content (AvgIpc) is 2.96. The fourth-order valence-electron chi connectivity index (χ4n) is 1.75. The van der Waals surface area contributed by atoms with Crippen LogP contribution >= 0.6 is 11.3 Å². The highest BCUT2D eigenvalue weighted by Gasteiger charge is 2.37. The molecule has 1 heterocycles. The van der Waals surface area contributed by atoms with Crippen LogP contribution in [0, 0.1) is 0 Å². The molecule has 2 aromatic rings. The first-order valence-electron chi connectivity index (χ1n) is 6.36. The maximum atomic E-state index is 12.7. The molecule has 2 rings (SSSR count). The molecule has 0 aliphatic rings. The van der Waals surface area contributed by atoms with Crippen molar-refractivity contribution in [2.45, 2.75) is 12.4 Å². The molecule has 0 aliphatic carbocycles. The summed E-state index contributed by atoms with van der Waals surface area (Å²) < 4.78 is 76.3. The number of hydrogen-bond donors (Lipinski definition) is 1. The lowest BCUT2D eigenvalue weighted by Crippen LogP contribution is -2.14. The zero-order valence-electron chi connectivity index (χ0n) is 11.7. The molecule has 0 saturated carbocycles. The summed E-state index contributed by atoms with van der Waals surface area (Å²) in [4.78, 5) is 11.7. The lowest BCUT2D eigenvalue weighted by atomic mass is 10.1. The van der Waals surface area contributed by atoms with Gasteiger partial charge < -0.3 is 5.32 Å². The number of amides is 1. The van der Waals surface area contributed by atoms with Crippen molar-refractivity contribution in [2.24, 2.45) is 0 Å². The number of thiophene rings is 1. The zero-order valence-corrected chi connectivity index (χ0v) is 12.5. The monoisotopic (exact) mass is 365 g/mol. The van der Waals surface area contributed by atoms with Crippen LogP contribution in [0.4, 0.5) is 32.0 Å². The Kier molecular flexibility index (Phi) is 5.02. The number of anilines is 1. The summed E-state index contributed by atoms with van der Waals surface area (Å²) in [6.07, 6.45) is -7.51. The number of hydrogen-bond acceptors (Lipinski definition) is 2. The predicted molar refractivity (Wildman–Crippen MR) is 78.4 cm³/mol. The fourth-order valence-corrected chi connectivity index (χ4v) is 2.38. The van der Waals surface area contributed by atoms with Crippen molar-refractivity contribution in [1.82, 2.24) is 0 Å². The maximum Gasteiger partial charge on any atom is 0.416 e. The Hall–Kier alpha value is -2.29. The highest BCUT2D eigenvalue weighted by molar-refractivity contribution is 7.08. The Morgan fingerprint density at radius 3 is 2.04 bits per heavy atom. The van der Waals surface area contributed by atoms with E-state index in [0.717, 1.165) is 6.08 Å². The molecule has 0 spiro atoms. The number of nitrogens with one attached hydrogen (secondary N) is 1. The van der Waals surface area contributed by atoms with E-state index in [9.17, 15) is 31.1 Å². The molecule has 0 radical (unpaired) electrons. The number of carbonyl (C=O) groups excluding carboxylic acids is 1. The summed E-state index contributed by atoms with van der Waals surface area (Å²) in [5.41, 5.74) is -2.88. The van der Waals surface area contributed by atoms with E-state index in [1.54, 1.807) is 16.8 Å². The van der Waals surface area contributed by atoms with Gasteiger partial charge in [-0.15, -0.1) is 0 Å². The Bertz CT molecular complexity index is 714. The molecule has 0 atom stereocenters. The van der Waals surface area contributed by atoms with Gasteiger partial charge in [-0.2, -0.15) is 37.7 Å². The topological polar surface area (TPSA) is 29.1 Å². The van der Waals surface area contributed by atoms with Gasteiger partial charge in [-0.05, 0) is 46.7 Å².